The number of hydrogen-bond donors (Lipinski definition) is 3. The zero-order valence-corrected chi connectivity index (χ0v) is 10.2. The highest BCUT2D eigenvalue weighted by Crippen LogP contribution is 2.32. The number of hydrogen-bond acceptors (Lipinski definition) is 5. The van der Waals surface area contributed by atoms with E-state index in [-0.39, 0.29) is 12.1 Å². The molecule has 0 bridgehead atoms. The maximum absolute atomic E-state index is 9.54. The number of aryl methyl sites for hydroxylation is 1. The van der Waals surface area contributed by atoms with E-state index in [1.165, 1.54) is 0 Å². The lowest BCUT2D eigenvalue weighted by Gasteiger charge is -2.28. The van der Waals surface area contributed by atoms with Crippen molar-refractivity contribution < 1.29 is 5.11 Å². The van der Waals surface area contributed by atoms with Crippen molar-refractivity contribution in [2.24, 2.45) is 0 Å². The van der Waals surface area contributed by atoms with Gasteiger partial charge in [-0.1, -0.05) is 19.8 Å². The lowest BCUT2D eigenvalue weighted by Crippen LogP contribution is -2.39. The van der Waals surface area contributed by atoms with Crippen molar-refractivity contribution in [2.75, 3.05) is 17.7 Å². The number of aliphatic hydroxyl groups excluding tert-OH is 1. The van der Waals surface area contributed by atoms with Gasteiger partial charge >= 0.3 is 0 Å². The summed E-state index contributed by atoms with van der Waals surface area (Å²) in [6.07, 6.45) is 5.01. The summed E-state index contributed by atoms with van der Waals surface area (Å²) in [5, 5.41) is 12.9. The van der Waals surface area contributed by atoms with Gasteiger partial charge in [0.05, 0.1) is 12.1 Å². The predicted octanol–water partition coefficient (Wildman–Crippen LogP) is 1.34. The minimum atomic E-state index is -0.216. The third kappa shape index (κ3) is 2.66. The molecule has 5 nitrogen and oxygen atoms in total. The van der Waals surface area contributed by atoms with Crippen LogP contribution < -0.4 is 11.1 Å². The summed E-state index contributed by atoms with van der Waals surface area (Å²) in [7, 11) is 0. The van der Waals surface area contributed by atoms with Gasteiger partial charge in [-0.05, 0) is 12.8 Å². The molecule has 1 aliphatic rings. The fraction of sp³-hybridized carbons (Fsp3) is 0.667. The number of rotatable bonds is 4. The van der Waals surface area contributed by atoms with Gasteiger partial charge in [-0.15, -0.1) is 0 Å². The molecule has 1 aromatic heterocycles. The number of nitrogens with one attached hydrogen (secondary N) is 1. The third-order valence-corrected chi connectivity index (χ3v) is 3.37. The quantitative estimate of drug-likeness (QED) is 0.734. The van der Waals surface area contributed by atoms with Crippen LogP contribution in [0.3, 0.4) is 0 Å². The van der Waals surface area contributed by atoms with Crippen molar-refractivity contribution in [2.45, 2.75) is 44.6 Å². The molecule has 17 heavy (non-hydrogen) atoms. The third-order valence-electron chi connectivity index (χ3n) is 3.37. The van der Waals surface area contributed by atoms with E-state index in [9.17, 15) is 5.11 Å². The van der Waals surface area contributed by atoms with Gasteiger partial charge in [-0.3, -0.25) is 0 Å². The molecule has 1 aromatic rings. The normalized spacial score (nSPS) is 18.2. The molecule has 2 rings (SSSR count). The standard InChI is InChI=1S/C12H20N4O/c1-2-10-14-9(13)7-11(15-10)16-12(8-17)5-3-4-6-12/h7,17H,2-6,8H2,1H3,(H3,13,14,15,16). The van der Waals surface area contributed by atoms with E-state index in [0.29, 0.717) is 5.82 Å². The lowest BCUT2D eigenvalue weighted by molar-refractivity contribution is 0.214. The SMILES string of the molecule is CCc1nc(N)cc(NC2(CO)CCCC2)n1. The average Bonchev–Trinajstić information content (AvgIpc) is 2.77. The molecular weight excluding hydrogens is 216 g/mol. The highest BCUT2D eigenvalue weighted by molar-refractivity contribution is 5.46. The van der Waals surface area contributed by atoms with Crippen LogP contribution in [-0.4, -0.2) is 27.2 Å². The Morgan fingerprint density at radius 1 is 1.41 bits per heavy atom. The van der Waals surface area contributed by atoms with E-state index < -0.39 is 0 Å². The largest absolute Gasteiger partial charge is 0.394 e. The minimum absolute atomic E-state index is 0.137. The van der Waals surface area contributed by atoms with Crippen molar-refractivity contribution >= 4 is 11.6 Å². The van der Waals surface area contributed by atoms with E-state index in [2.05, 4.69) is 15.3 Å². The molecule has 1 saturated carbocycles. The van der Waals surface area contributed by atoms with Gasteiger partial charge in [-0.25, -0.2) is 9.97 Å². The van der Waals surface area contributed by atoms with Gasteiger partial charge < -0.3 is 16.2 Å². The first-order chi connectivity index (χ1) is 8.17. The summed E-state index contributed by atoms with van der Waals surface area (Å²) in [4.78, 5) is 8.53. The topological polar surface area (TPSA) is 84.1 Å². The fourth-order valence-corrected chi connectivity index (χ4v) is 2.39. The maximum Gasteiger partial charge on any atom is 0.132 e. The minimum Gasteiger partial charge on any atom is -0.394 e. The Morgan fingerprint density at radius 3 is 2.71 bits per heavy atom. The fourth-order valence-electron chi connectivity index (χ4n) is 2.39. The number of nitrogens with two attached hydrogens (primary N) is 1. The Kier molecular flexibility index (Phi) is 3.47. The van der Waals surface area contributed by atoms with Gasteiger partial charge in [0.15, 0.2) is 0 Å². The highest BCUT2D eigenvalue weighted by atomic mass is 16.3. The van der Waals surface area contributed by atoms with Crippen LogP contribution in [0, 0.1) is 0 Å². The van der Waals surface area contributed by atoms with Gasteiger partial charge in [0, 0.05) is 12.5 Å². The van der Waals surface area contributed by atoms with Crippen LogP contribution in [-0.2, 0) is 6.42 Å². The van der Waals surface area contributed by atoms with Crippen LogP contribution in [0.25, 0.3) is 0 Å². The van der Waals surface area contributed by atoms with Gasteiger partial charge in [0.2, 0.25) is 0 Å². The molecule has 1 aliphatic carbocycles. The molecule has 0 aliphatic heterocycles. The molecule has 5 heteroatoms. The predicted molar refractivity (Wildman–Crippen MR) is 67.7 cm³/mol. The average molecular weight is 236 g/mol. The molecule has 94 valence electrons. The second-order valence-corrected chi connectivity index (χ2v) is 4.72. The van der Waals surface area contributed by atoms with E-state index in [1.54, 1.807) is 6.07 Å². The van der Waals surface area contributed by atoms with Crippen molar-refractivity contribution in [1.29, 1.82) is 0 Å². The lowest BCUT2D eigenvalue weighted by atomic mass is 9.99. The Labute approximate surface area is 101 Å². The van der Waals surface area contributed by atoms with E-state index >= 15 is 0 Å². The van der Waals surface area contributed by atoms with Crippen LogP contribution in [0.15, 0.2) is 6.07 Å². The van der Waals surface area contributed by atoms with Crippen LogP contribution in [0.1, 0.15) is 38.4 Å². The number of nitrogen functional groups attached to an aromatic ring is 1. The van der Waals surface area contributed by atoms with Crippen molar-refractivity contribution in [3.05, 3.63) is 11.9 Å². The highest BCUT2D eigenvalue weighted by Gasteiger charge is 2.33. The summed E-state index contributed by atoms with van der Waals surface area (Å²) in [6.45, 7) is 2.13. The summed E-state index contributed by atoms with van der Waals surface area (Å²) in [5.41, 5.74) is 5.52. The van der Waals surface area contributed by atoms with Crippen LogP contribution >= 0.6 is 0 Å². The molecule has 4 N–H and O–H groups in total. The first-order valence-electron chi connectivity index (χ1n) is 6.20. The van der Waals surface area contributed by atoms with Gasteiger partial charge in [0.1, 0.15) is 17.5 Å². The second-order valence-electron chi connectivity index (χ2n) is 4.72. The van der Waals surface area contributed by atoms with Gasteiger partial charge in [-0.2, -0.15) is 0 Å². The van der Waals surface area contributed by atoms with E-state index in [0.717, 1.165) is 43.7 Å². The Balaban J connectivity index is 2.19. The van der Waals surface area contributed by atoms with Crippen molar-refractivity contribution in [3.63, 3.8) is 0 Å². The molecular formula is C12H20N4O. The smallest absolute Gasteiger partial charge is 0.132 e. The Hall–Kier alpha value is -1.36. The summed E-state index contributed by atoms with van der Waals surface area (Å²) in [5.74, 6) is 1.94. The number of anilines is 2. The van der Waals surface area contributed by atoms with Crippen LogP contribution in [0.4, 0.5) is 11.6 Å². The Bertz CT molecular complexity index is 388. The van der Waals surface area contributed by atoms with Crippen molar-refractivity contribution in [3.8, 4) is 0 Å². The van der Waals surface area contributed by atoms with Gasteiger partial charge in [0.25, 0.3) is 0 Å². The first-order valence-corrected chi connectivity index (χ1v) is 6.20. The van der Waals surface area contributed by atoms with Crippen LogP contribution in [0.5, 0.6) is 0 Å². The number of nitrogens with zero attached hydrogens (tertiary/aromatic N) is 2. The molecule has 0 aromatic carbocycles. The monoisotopic (exact) mass is 236 g/mol. The molecule has 1 fully saturated rings. The first kappa shape index (κ1) is 12.1. The molecule has 0 atom stereocenters. The summed E-state index contributed by atoms with van der Waals surface area (Å²) >= 11 is 0. The van der Waals surface area contributed by atoms with E-state index in [1.807, 2.05) is 6.92 Å². The summed E-state index contributed by atoms with van der Waals surface area (Å²) in [6, 6.07) is 1.73. The second kappa shape index (κ2) is 4.87. The zero-order chi connectivity index (χ0) is 12.3. The number of aliphatic hydroxyl groups is 1. The number of aromatic nitrogens is 2. The molecule has 0 spiro atoms. The molecule has 0 saturated heterocycles. The van der Waals surface area contributed by atoms with Crippen molar-refractivity contribution in [1.82, 2.24) is 9.97 Å². The molecule has 0 unspecified atom stereocenters. The maximum atomic E-state index is 9.54. The summed E-state index contributed by atoms with van der Waals surface area (Å²) < 4.78 is 0. The van der Waals surface area contributed by atoms with Crippen LogP contribution in [0.2, 0.25) is 0 Å². The van der Waals surface area contributed by atoms with E-state index in [4.69, 9.17) is 5.73 Å². The zero-order valence-electron chi connectivity index (χ0n) is 10.2. The molecule has 0 amide bonds. The molecule has 1 heterocycles. The Morgan fingerprint density at radius 2 is 2.12 bits per heavy atom. The molecule has 0 radical (unpaired) electrons.